The van der Waals surface area contributed by atoms with Crippen LogP contribution in [0.3, 0.4) is 0 Å². The normalized spacial score (nSPS) is 20.4. The van der Waals surface area contributed by atoms with Crippen LogP contribution in [-0.4, -0.2) is 52.6 Å². The number of carboxylic acid groups (broad SMARTS) is 1. The number of urea groups is 1. The summed E-state index contributed by atoms with van der Waals surface area (Å²) in [6.07, 6.45) is 1.35. The van der Waals surface area contributed by atoms with E-state index in [9.17, 15) is 9.59 Å². The van der Waals surface area contributed by atoms with E-state index in [4.69, 9.17) is 5.11 Å². The maximum atomic E-state index is 11.9. The molecule has 0 bridgehead atoms. The Balaban J connectivity index is 2.69. The standard InChI is InChI=1S/C10H18N2O3/c1-3-11(4-2)10(15)12-7-5-6-8(12)9(13)14/h8H,3-7H2,1-2H3,(H,13,14)/t8-/m0/s1. The quantitative estimate of drug-likeness (QED) is 0.762. The highest BCUT2D eigenvalue weighted by Gasteiger charge is 2.35. The number of rotatable bonds is 3. The average Bonchev–Trinajstić information content (AvgIpc) is 2.67. The molecule has 86 valence electrons. The molecule has 1 fully saturated rings. The van der Waals surface area contributed by atoms with E-state index < -0.39 is 12.0 Å². The van der Waals surface area contributed by atoms with E-state index in [1.165, 1.54) is 4.90 Å². The number of hydrogen-bond donors (Lipinski definition) is 1. The van der Waals surface area contributed by atoms with Crippen molar-refractivity contribution in [3.8, 4) is 0 Å². The molecule has 0 aromatic heterocycles. The van der Waals surface area contributed by atoms with Crippen LogP contribution in [0.2, 0.25) is 0 Å². The largest absolute Gasteiger partial charge is 0.480 e. The summed E-state index contributed by atoms with van der Waals surface area (Å²) in [4.78, 5) is 25.9. The first kappa shape index (κ1) is 11.8. The van der Waals surface area contributed by atoms with Crippen LogP contribution in [-0.2, 0) is 4.79 Å². The molecular weight excluding hydrogens is 196 g/mol. The summed E-state index contributed by atoms with van der Waals surface area (Å²) in [5.74, 6) is -0.895. The molecule has 5 nitrogen and oxygen atoms in total. The molecule has 2 amide bonds. The van der Waals surface area contributed by atoms with E-state index in [-0.39, 0.29) is 6.03 Å². The van der Waals surface area contributed by atoms with Crippen molar-refractivity contribution in [2.45, 2.75) is 32.7 Å². The smallest absolute Gasteiger partial charge is 0.326 e. The lowest BCUT2D eigenvalue weighted by atomic mass is 10.2. The molecule has 0 unspecified atom stereocenters. The van der Waals surface area contributed by atoms with Gasteiger partial charge in [-0.15, -0.1) is 0 Å². The number of carbonyl (C=O) groups excluding carboxylic acids is 1. The molecule has 0 aromatic rings. The van der Waals surface area contributed by atoms with Crippen LogP contribution in [0.5, 0.6) is 0 Å². The fraction of sp³-hybridized carbons (Fsp3) is 0.800. The summed E-state index contributed by atoms with van der Waals surface area (Å²) in [5, 5.41) is 8.95. The number of hydrogen-bond acceptors (Lipinski definition) is 2. The van der Waals surface area contributed by atoms with Crippen molar-refractivity contribution in [1.29, 1.82) is 0 Å². The SMILES string of the molecule is CCN(CC)C(=O)N1CCC[C@H]1C(=O)O. The van der Waals surface area contributed by atoms with Crippen molar-refractivity contribution < 1.29 is 14.7 Å². The topological polar surface area (TPSA) is 60.9 Å². The summed E-state index contributed by atoms with van der Waals surface area (Å²) in [5.41, 5.74) is 0. The van der Waals surface area contributed by atoms with Gasteiger partial charge in [0.1, 0.15) is 6.04 Å². The van der Waals surface area contributed by atoms with Crippen molar-refractivity contribution >= 4 is 12.0 Å². The fourth-order valence-electron chi connectivity index (χ4n) is 1.93. The summed E-state index contributed by atoms with van der Waals surface area (Å²) in [7, 11) is 0. The number of carbonyl (C=O) groups is 2. The van der Waals surface area contributed by atoms with Crippen LogP contribution in [0.15, 0.2) is 0 Å². The van der Waals surface area contributed by atoms with Crippen molar-refractivity contribution in [1.82, 2.24) is 9.80 Å². The number of aliphatic carboxylic acids is 1. The summed E-state index contributed by atoms with van der Waals surface area (Å²) >= 11 is 0. The first-order valence-electron chi connectivity index (χ1n) is 5.40. The molecular formula is C10H18N2O3. The highest BCUT2D eigenvalue weighted by Crippen LogP contribution is 2.19. The van der Waals surface area contributed by atoms with Gasteiger partial charge < -0.3 is 14.9 Å². The molecule has 1 aliphatic heterocycles. The minimum absolute atomic E-state index is 0.148. The molecule has 5 heteroatoms. The van der Waals surface area contributed by atoms with Gasteiger partial charge in [-0.05, 0) is 26.7 Å². The Morgan fingerprint density at radius 2 is 2.00 bits per heavy atom. The Hall–Kier alpha value is -1.26. The molecule has 1 aliphatic rings. The zero-order valence-electron chi connectivity index (χ0n) is 9.27. The second kappa shape index (κ2) is 5.00. The summed E-state index contributed by atoms with van der Waals surface area (Å²) in [6, 6.07) is -0.775. The van der Waals surface area contributed by atoms with Gasteiger partial charge in [0.25, 0.3) is 0 Å². The molecule has 0 radical (unpaired) electrons. The fourth-order valence-corrected chi connectivity index (χ4v) is 1.93. The van der Waals surface area contributed by atoms with Gasteiger partial charge in [-0.2, -0.15) is 0 Å². The minimum Gasteiger partial charge on any atom is -0.480 e. The molecule has 0 spiro atoms. The molecule has 1 saturated heterocycles. The third kappa shape index (κ3) is 2.40. The predicted molar refractivity (Wildman–Crippen MR) is 55.7 cm³/mol. The molecule has 15 heavy (non-hydrogen) atoms. The van der Waals surface area contributed by atoms with Gasteiger partial charge in [0.15, 0.2) is 0 Å². The first-order valence-corrected chi connectivity index (χ1v) is 5.40. The predicted octanol–water partition coefficient (Wildman–Crippen LogP) is 0.997. The van der Waals surface area contributed by atoms with E-state index in [0.29, 0.717) is 26.1 Å². The number of carboxylic acids is 1. The van der Waals surface area contributed by atoms with Crippen molar-refractivity contribution in [2.24, 2.45) is 0 Å². The summed E-state index contributed by atoms with van der Waals surface area (Å²) < 4.78 is 0. The van der Waals surface area contributed by atoms with E-state index in [2.05, 4.69) is 0 Å². The van der Waals surface area contributed by atoms with Gasteiger partial charge in [-0.25, -0.2) is 9.59 Å². The molecule has 0 aliphatic carbocycles. The third-order valence-electron chi connectivity index (χ3n) is 2.82. The Kier molecular flexibility index (Phi) is 3.94. The van der Waals surface area contributed by atoms with Gasteiger partial charge in [-0.1, -0.05) is 0 Å². The number of likely N-dealkylation sites (tertiary alicyclic amines) is 1. The van der Waals surface area contributed by atoms with Crippen LogP contribution in [0.4, 0.5) is 4.79 Å². The maximum Gasteiger partial charge on any atom is 0.326 e. The highest BCUT2D eigenvalue weighted by molar-refractivity contribution is 5.83. The van der Waals surface area contributed by atoms with E-state index >= 15 is 0 Å². The van der Waals surface area contributed by atoms with Crippen molar-refractivity contribution in [2.75, 3.05) is 19.6 Å². The summed E-state index contributed by atoms with van der Waals surface area (Å²) in [6.45, 7) is 5.60. The second-order valence-electron chi connectivity index (χ2n) is 3.64. The van der Waals surface area contributed by atoms with Gasteiger partial charge >= 0.3 is 12.0 Å². The van der Waals surface area contributed by atoms with Crippen LogP contribution in [0.1, 0.15) is 26.7 Å². The van der Waals surface area contributed by atoms with Gasteiger partial charge in [0.2, 0.25) is 0 Å². The second-order valence-corrected chi connectivity index (χ2v) is 3.64. The number of nitrogens with zero attached hydrogens (tertiary/aromatic N) is 2. The lowest BCUT2D eigenvalue weighted by Gasteiger charge is -2.28. The Morgan fingerprint density at radius 3 is 2.47 bits per heavy atom. The monoisotopic (exact) mass is 214 g/mol. The van der Waals surface area contributed by atoms with Crippen LogP contribution in [0.25, 0.3) is 0 Å². The zero-order valence-corrected chi connectivity index (χ0v) is 9.27. The molecule has 1 rings (SSSR count). The van der Waals surface area contributed by atoms with Gasteiger partial charge in [-0.3, -0.25) is 0 Å². The first-order chi connectivity index (χ1) is 7.11. The van der Waals surface area contributed by atoms with E-state index in [1.54, 1.807) is 4.90 Å². The Labute approximate surface area is 89.7 Å². The van der Waals surface area contributed by atoms with Crippen molar-refractivity contribution in [3.63, 3.8) is 0 Å². The third-order valence-corrected chi connectivity index (χ3v) is 2.82. The lowest BCUT2D eigenvalue weighted by Crippen LogP contribution is -2.47. The maximum absolute atomic E-state index is 11.9. The lowest BCUT2D eigenvalue weighted by molar-refractivity contribution is -0.141. The molecule has 0 saturated carbocycles. The zero-order chi connectivity index (χ0) is 11.4. The van der Waals surface area contributed by atoms with E-state index in [1.807, 2.05) is 13.8 Å². The van der Waals surface area contributed by atoms with Crippen LogP contribution in [0, 0.1) is 0 Å². The number of amides is 2. The van der Waals surface area contributed by atoms with Crippen LogP contribution >= 0.6 is 0 Å². The van der Waals surface area contributed by atoms with Crippen LogP contribution < -0.4 is 0 Å². The average molecular weight is 214 g/mol. The Morgan fingerprint density at radius 1 is 1.40 bits per heavy atom. The highest BCUT2D eigenvalue weighted by atomic mass is 16.4. The Bertz CT molecular complexity index is 251. The molecule has 1 heterocycles. The molecule has 1 atom stereocenters. The van der Waals surface area contributed by atoms with E-state index in [0.717, 1.165) is 6.42 Å². The molecule has 1 N–H and O–H groups in total. The van der Waals surface area contributed by atoms with Gasteiger partial charge in [0.05, 0.1) is 0 Å². The van der Waals surface area contributed by atoms with Gasteiger partial charge in [0, 0.05) is 19.6 Å². The minimum atomic E-state index is -0.895. The molecule has 0 aromatic carbocycles. The van der Waals surface area contributed by atoms with Crippen molar-refractivity contribution in [3.05, 3.63) is 0 Å².